The van der Waals surface area contributed by atoms with Gasteiger partial charge in [0.05, 0.1) is 19.7 Å². The van der Waals surface area contributed by atoms with Gasteiger partial charge in [-0.3, -0.25) is 14.3 Å². The highest BCUT2D eigenvalue weighted by Crippen LogP contribution is 2.61. The average Bonchev–Trinajstić information content (AvgIpc) is 3.12. The van der Waals surface area contributed by atoms with Crippen LogP contribution in [0.3, 0.4) is 0 Å². The number of carbonyl (C=O) groups is 1. The number of nitrogens with one attached hydrogen (secondary N) is 1. The van der Waals surface area contributed by atoms with E-state index in [-0.39, 0.29) is 23.6 Å². The molecule has 0 aromatic carbocycles. The van der Waals surface area contributed by atoms with Crippen LogP contribution in [0.4, 0.5) is 0 Å². The normalized spacial score (nSPS) is 32.3. The summed E-state index contributed by atoms with van der Waals surface area (Å²) in [7, 11) is 1.64. The van der Waals surface area contributed by atoms with Crippen LogP contribution in [-0.2, 0) is 22.6 Å². The van der Waals surface area contributed by atoms with Gasteiger partial charge in [-0.15, -0.1) is 0 Å². The zero-order valence-corrected chi connectivity index (χ0v) is 21.3. The molecule has 8 heteroatoms. The summed E-state index contributed by atoms with van der Waals surface area (Å²) in [4.78, 5) is 27.9. The predicted octanol–water partition coefficient (Wildman–Crippen LogP) is 2.61. The van der Waals surface area contributed by atoms with Crippen LogP contribution in [-0.4, -0.2) is 64.5 Å². The highest BCUT2D eigenvalue weighted by Gasteiger charge is 2.53. The summed E-state index contributed by atoms with van der Waals surface area (Å²) in [5.41, 5.74) is 0.304. The molecule has 4 saturated carbocycles. The maximum absolute atomic E-state index is 13.0. The van der Waals surface area contributed by atoms with Crippen molar-refractivity contribution in [3.05, 3.63) is 16.3 Å². The van der Waals surface area contributed by atoms with Crippen LogP contribution in [0, 0.1) is 23.2 Å². The summed E-state index contributed by atoms with van der Waals surface area (Å²) in [6, 6.07) is 0.279. The molecule has 5 fully saturated rings. The van der Waals surface area contributed by atoms with Crippen LogP contribution in [0.5, 0.6) is 0 Å². The number of rotatable bonds is 9. The van der Waals surface area contributed by atoms with Crippen molar-refractivity contribution in [1.29, 1.82) is 0 Å². The molecule has 34 heavy (non-hydrogen) atoms. The van der Waals surface area contributed by atoms with Crippen molar-refractivity contribution in [3.8, 4) is 0 Å². The minimum Gasteiger partial charge on any atom is -0.383 e. The van der Waals surface area contributed by atoms with E-state index in [1.807, 2.05) is 6.92 Å². The van der Waals surface area contributed by atoms with Crippen LogP contribution < -0.4 is 11.0 Å². The number of nitrogens with zero attached hydrogens (tertiary/aromatic N) is 4. The number of likely N-dealkylation sites (tertiary alicyclic amines) is 1. The zero-order chi connectivity index (χ0) is 23.9. The zero-order valence-electron chi connectivity index (χ0n) is 21.3. The van der Waals surface area contributed by atoms with E-state index in [9.17, 15) is 9.59 Å². The molecule has 1 saturated heterocycles. The molecule has 4 aliphatic carbocycles. The van der Waals surface area contributed by atoms with Crippen LogP contribution in [0.1, 0.15) is 77.0 Å². The first-order valence-electron chi connectivity index (χ1n) is 13.6. The molecule has 1 unspecified atom stereocenters. The summed E-state index contributed by atoms with van der Waals surface area (Å²) in [6.07, 6.45) is 10.1. The van der Waals surface area contributed by atoms with Gasteiger partial charge in [0.1, 0.15) is 5.82 Å². The molecule has 5 aliphatic rings. The lowest BCUT2D eigenvalue weighted by Crippen LogP contribution is -2.56. The molecule has 4 bridgehead atoms. The van der Waals surface area contributed by atoms with Crippen molar-refractivity contribution in [3.63, 3.8) is 0 Å². The maximum Gasteiger partial charge on any atom is 0.345 e. The molecule has 0 radical (unpaired) electrons. The van der Waals surface area contributed by atoms with Crippen molar-refractivity contribution in [2.75, 3.05) is 33.4 Å². The predicted molar refractivity (Wildman–Crippen MR) is 131 cm³/mol. The summed E-state index contributed by atoms with van der Waals surface area (Å²) in [5, 5.41) is 8.07. The minimum atomic E-state index is -0.0463. The largest absolute Gasteiger partial charge is 0.383 e. The Morgan fingerprint density at radius 1 is 1.15 bits per heavy atom. The molecule has 8 nitrogen and oxygen atoms in total. The molecule has 1 aliphatic heterocycles. The first kappa shape index (κ1) is 24.0. The standard InChI is InChI=1S/C26H43N5O3/c1-4-30-24(28-31(25(30)33)9-10-34-3)22-5-7-29(8-6-22)17-23(32)27-18(2)26-14-19-11-20(15-26)13-21(12-19)16-26/h18-22H,4-17H2,1-3H3,(H,27,32). The second-order valence-corrected chi connectivity index (χ2v) is 11.7. The topological polar surface area (TPSA) is 81.4 Å². The van der Waals surface area contributed by atoms with Gasteiger partial charge in [-0.1, -0.05) is 0 Å². The van der Waals surface area contributed by atoms with Gasteiger partial charge >= 0.3 is 5.69 Å². The Labute approximate surface area is 203 Å². The number of hydrogen-bond donors (Lipinski definition) is 1. The lowest BCUT2D eigenvalue weighted by Gasteiger charge is -2.59. The van der Waals surface area contributed by atoms with E-state index in [2.05, 4.69) is 22.2 Å². The SMILES string of the molecule is CCn1c(C2CCN(CC(=O)NC(C)C34CC5CC(CC(C5)C3)C4)CC2)nn(CCOC)c1=O. The molecule has 1 atom stereocenters. The first-order chi connectivity index (χ1) is 16.4. The Morgan fingerprint density at radius 2 is 1.76 bits per heavy atom. The quantitative estimate of drug-likeness (QED) is 0.596. The maximum atomic E-state index is 13.0. The smallest absolute Gasteiger partial charge is 0.345 e. The van der Waals surface area contributed by atoms with Gasteiger partial charge < -0.3 is 10.1 Å². The highest BCUT2D eigenvalue weighted by molar-refractivity contribution is 5.78. The molecule has 6 rings (SSSR count). The van der Waals surface area contributed by atoms with Gasteiger partial charge in [-0.25, -0.2) is 9.48 Å². The Bertz CT molecular complexity index is 894. The molecular weight excluding hydrogens is 430 g/mol. The molecule has 1 N–H and O–H groups in total. The number of amides is 1. The highest BCUT2D eigenvalue weighted by atomic mass is 16.5. The molecule has 2 heterocycles. The minimum absolute atomic E-state index is 0.0463. The lowest BCUT2D eigenvalue weighted by molar-refractivity contribution is -0.127. The van der Waals surface area contributed by atoms with Crippen LogP contribution in [0.2, 0.25) is 0 Å². The first-order valence-corrected chi connectivity index (χ1v) is 13.6. The summed E-state index contributed by atoms with van der Waals surface area (Å²) in [6.45, 7) is 8.07. The number of hydrogen-bond acceptors (Lipinski definition) is 5. The summed E-state index contributed by atoms with van der Waals surface area (Å²) in [5.74, 6) is 4.05. The second-order valence-electron chi connectivity index (χ2n) is 11.7. The van der Waals surface area contributed by atoms with E-state index in [0.717, 1.165) is 49.5 Å². The number of aromatic nitrogens is 3. The average molecular weight is 474 g/mol. The van der Waals surface area contributed by atoms with Gasteiger partial charge in [-0.2, -0.15) is 5.10 Å². The summed E-state index contributed by atoms with van der Waals surface area (Å²) < 4.78 is 8.46. The molecule has 1 aromatic heterocycles. The van der Waals surface area contributed by atoms with Crippen molar-refractivity contribution in [1.82, 2.24) is 24.6 Å². The number of ether oxygens (including phenoxy) is 1. The third-order valence-corrected chi connectivity index (χ3v) is 9.48. The van der Waals surface area contributed by atoms with Crippen molar-refractivity contribution in [2.24, 2.45) is 23.2 Å². The van der Waals surface area contributed by atoms with Gasteiger partial charge in [0.2, 0.25) is 5.91 Å². The van der Waals surface area contributed by atoms with E-state index >= 15 is 0 Å². The van der Waals surface area contributed by atoms with Crippen molar-refractivity contribution >= 4 is 5.91 Å². The molecule has 0 spiro atoms. The number of carbonyl (C=O) groups excluding carboxylic acids is 1. The second kappa shape index (κ2) is 9.76. The van der Waals surface area contributed by atoms with Crippen LogP contribution in [0.25, 0.3) is 0 Å². The van der Waals surface area contributed by atoms with Crippen LogP contribution >= 0.6 is 0 Å². The Kier molecular flexibility index (Phi) is 6.90. The molecular formula is C26H43N5O3. The Balaban J connectivity index is 1.13. The van der Waals surface area contributed by atoms with E-state index in [0.29, 0.717) is 31.7 Å². The van der Waals surface area contributed by atoms with Crippen molar-refractivity contribution in [2.45, 2.75) is 90.3 Å². The summed E-state index contributed by atoms with van der Waals surface area (Å²) >= 11 is 0. The fourth-order valence-corrected chi connectivity index (χ4v) is 8.08. The van der Waals surface area contributed by atoms with Gasteiger partial charge in [0.15, 0.2) is 0 Å². The third kappa shape index (κ3) is 4.60. The van der Waals surface area contributed by atoms with Gasteiger partial charge in [-0.05, 0) is 101 Å². The van der Waals surface area contributed by atoms with Crippen LogP contribution in [0.15, 0.2) is 4.79 Å². The third-order valence-electron chi connectivity index (χ3n) is 9.48. The van der Waals surface area contributed by atoms with Gasteiger partial charge in [0.25, 0.3) is 0 Å². The monoisotopic (exact) mass is 473 g/mol. The van der Waals surface area contributed by atoms with Crippen molar-refractivity contribution < 1.29 is 9.53 Å². The fraction of sp³-hybridized carbons (Fsp3) is 0.885. The molecule has 1 aromatic rings. The number of piperidine rings is 1. The lowest BCUT2D eigenvalue weighted by atomic mass is 9.48. The van der Waals surface area contributed by atoms with E-state index in [4.69, 9.17) is 4.74 Å². The fourth-order valence-electron chi connectivity index (χ4n) is 8.08. The van der Waals surface area contributed by atoms with E-state index < -0.39 is 0 Å². The molecule has 190 valence electrons. The Morgan fingerprint density at radius 3 is 2.32 bits per heavy atom. The number of methoxy groups -OCH3 is 1. The van der Waals surface area contributed by atoms with E-state index in [1.54, 1.807) is 11.7 Å². The molecule has 1 amide bonds. The Hall–Kier alpha value is -1.67. The van der Waals surface area contributed by atoms with E-state index in [1.165, 1.54) is 43.2 Å². The van der Waals surface area contributed by atoms with Gasteiger partial charge in [0, 0.05) is 25.6 Å².